The highest BCUT2D eigenvalue weighted by atomic mass is 35.5. The first-order chi connectivity index (χ1) is 8.90. The Morgan fingerprint density at radius 2 is 2.05 bits per heavy atom. The minimum Gasteiger partial charge on any atom is -0.465 e. The fraction of sp³-hybridized carbons (Fsp3) is 0.333. The van der Waals surface area contributed by atoms with Gasteiger partial charge < -0.3 is 21.1 Å². The second-order valence-electron chi connectivity index (χ2n) is 3.87. The van der Waals surface area contributed by atoms with Crippen molar-refractivity contribution in [2.75, 3.05) is 30.8 Å². The van der Waals surface area contributed by atoms with Crippen molar-refractivity contribution < 1.29 is 14.3 Å². The zero-order chi connectivity index (χ0) is 14.6. The molecule has 0 bridgehead atoms. The minimum atomic E-state index is -0.577. The SMILES string of the molecule is CCN(CC(N)=O)c1c(Cl)cc(N)cc1C(=O)OC. The van der Waals surface area contributed by atoms with E-state index in [0.29, 0.717) is 17.9 Å². The van der Waals surface area contributed by atoms with Crippen molar-refractivity contribution in [2.24, 2.45) is 5.73 Å². The molecule has 104 valence electrons. The van der Waals surface area contributed by atoms with Crippen LogP contribution >= 0.6 is 11.6 Å². The van der Waals surface area contributed by atoms with Crippen molar-refractivity contribution in [3.63, 3.8) is 0 Å². The number of carbonyl (C=O) groups is 2. The number of benzene rings is 1. The molecule has 0 saturated heterocycles. The van der Waals surface area contributed by atoms with Crippen LogP contribution in [-0.4, -0.2) is 32.1 Å². The number of likely N-dealkylation sites (N-methyl/N-ethyl adjacent to an activating group) is 1. The van der Waals surface area contributed by atoms with E-state index in [1.807, 2.05) is 6.92 Å². The first-order valence-electron chi connectivity index (χ1n) is 5.61. The van der Waals surface area contributed by atoms with Crippen LogP contribution in [0.2, 0.25) is 5.02 Å². The van der Waals surface area contributed by atoms with Crippen LogP contribution in [0.1, 0.15) is 17.3 Å². The van der Waals surface area contributed by atoms with Crippen LogP contribution in [0.25, 0.3) is 0 Å². The monoisotopic (exact) mass is 285 g/mol. The molecule has 0 heterocycles. The Kier molecular flexibility index (Phi) is 5.00. The molecule has 1 aromatic rings. The quantitative estimate of drug-likeness (QED) is 0.622. The Morgan fingerprint density at radius 1 is 1.42 bits per heavy atom. The highest BCUT2D eigenvalue weighted by Gasteiger charge is 2.21. The van der Waals surface area contributed by atoms with Gasteiger partial charge in [0.1, 0.15) is 0 Å². The van der Waals surface area contributed by atoms with Crippen molar-refractivity contribution in [2.45, 2.75) is 6.92 Å². The molecule has 1 amide bonds. The number of methoxy groups -OCH3 is 1. The van der Waals surface area contributed by atoms with Gasteiger partial charge in [-0.1, -0.05) is 11.6 Å². The number of hydrogen-bond acceptors (Lipinski definition) is 5. The number of nitrogens with zero attached hydrogens (tertiary/aromatic N) is 1. The highest BCUT2D eigenvalue weighted by Crippen LogP contribution is 2.32. The first-order valence-corrected chi connectivity index (χ1v) is 5.99. The van der Waals surface area contributed by atoms with Gasteiger partial charge in [0, 0.05) is 12.2 Å². The highest BCUT2D eigenvalue weighted by molar-refractivity contribution is 6.34. The van der Waals surface area contributed by atoms with E-state index in [9.17, 15) is 9.59 Å². The number of esters is 1. The van der Waals surface area contributed by atoms with Gasteiger partial charge in [0.25, 0.3) is 0 Å². The van der Waals surface area contributed by atoms with Gasteiger partial charge >= 0.3 is 5.97 Å². The van der Waals surface area contributed by atoms with Crippen LogP contribution < -0.4 is 16.4 Å². The molecular formula is C12H16ClN3O3. The number of anilines is 2. The molecule has 4 N–H and O–H groups in total. The maximum Gasteiger partial charge on any atom is 0.340 e. The van der Waals surface area contributed by atoms with E-state index in [2.05, 4.69) is 0 Å². The zero-order valence-electron chi connectivity index (χ0n) is 10.8. The molecule has 0 saturated carbocycles. The lowest BCUT2D eigenvalue weighted by molar-refractivity contribution is -0.116. The zero-order valence-corrected chi connectivity index (χ0v) is 11.5. The maximum absolute atomic E-state index is 11.8. The molecule has 6 nitrogen and oxygen atoms in total. The Morgan fingerprint density at radius 3 is 2.53 bits per heavy atom. The van der Waals surface area contributed by atoms with Gasteiger partial charge in [0.05, 0.1) is 29.9 Å². The van der Waals surface area contributed by atoms with Gasteiger partial charge in [0.15, 0.2) is 0 Å². The summed E-state index contributed by atoms with van der Waals surface area (Å²) in [4.78, 5) is 24.4. The molecule has 1 aromatic carbocycles. The molecule has 0 aliphatic carbocycles. The second kappa shape index (κ2) is 6.29. The smallest absolute Gasteiger partial charge is 0.340 e. The number of hydrogen-bond donors (Lipinski definition) is 2. The van der Waals surface area contributed by atoms with E-state index >= 15 is 0 Å². The van der Waals surface area contributed by atoms with E-state index in [1.54, 1.807) is 4.90 Å². The Labute approximate surface area is 116 Å². The molecule has 7 heteroatoms. The Bertz CT molecular complexity index is 505. The van der Waals surface area contributed by atoms with E-state index < -0.39 is 11.9 Å². The minimum absolute atomic E-state index is 0.0515. The molecule has 0 atom stereocenters. The third kappa shape index (κ3) is 3.51. The largest absolute Gasteiger partial charge is 0.465 e. The number of halogens is 1. The van der Waals surface area contributed by atoms with Crippen molar-refractivity contribution in [3.8, 4) is 0 Å². The number of ether oxygens (including phenoxy) is 1. The number of amides is 1. The normalized spacial score (nSPS) is 10.1. The van der Waals surface area contributed by atoms with Crippen LogP contribution in [0, 0.1) is 0 Å². The predicted octanol–water partition coefficient (Wildman–Crippen LogP) is 1.02. The summed E-state index contributed by atoms with van der Waals surface area (Å²) in [7, 11) is 1.26. The molecule has 0 fully saturated rings. The fourth-order valence-corrected chi connectivity index (χ4v) is 2.09. The van der Waals surface area contributed by atoms with E-state index in [4.69, 9.17) is 27.8 Å². The lowest BCUT2D eigenvalue weighted by Gasteiger charge is -2.25. The summed E-state index contributed by atoms with van der Waals surface area (Å²) in [6.45, 7) is 2.22. The molecule has 0 spiro atoms. The predicted molar refractivity (Wildman–Crippen MR) is 74.3 cm³/mol. The van der Waals surface area contributed by atoms with Crippen molar-refractivity contribution in [3.05, 3.63) is 22.7 Å². The fourth-order valence-electron chi connectivity index (χ4n) is 1.74. The lowest BCUT2D eigenvalue weighted by Crippen LogP contribution is -2.34. The van der Waals surface area contributed by atoms with Crippen molar-refractivity contribution in [1.82, 2.24) is 0 Å². The average Bonchev–Trinajstić information content (AvgIpc) is 2.34. The molecule has 1 rings (SSSR count). The summed E-state index contributed by atoms with van der Waals surface area (Å²) >= 11 is 6.11. The molecule has 0 unspecified atom stereocenters. The first kappa shape index (κ1) is 15.1. The molecule has 0 aliphatic heterocycles. The van der Waals surface area contributed by atoms with Crippen LogP contribution in [0.15, 0.2) is 12.1 Å². The Balaban J connectivity index is 3.37. The van der Waals surface area contributed by atoms with E-state index in [0.717, 1.165) is 0 Å². The molecule has 0 radical (unpaired) electrons. The van der Waals surface area contributed by atoms with Crippen LogP contribution in [-0.2, 0) is 9.53 Å². The number of primary amides is 1. The number of nitrogens with two attached hydrogens (primary N) is 2. The van der Waals surface area contributed by atoms with E-state index in [1.165, 1.54) is 19.2 Å². The van der Waals surface area contributed by atoms with E-state index in [-0.39, 0.29) is 17.1 Å². The Hall–Kier alpha value is -1.95. The second-order valence-corrected chi connectivity index (χ2v) is 4.28. The maximum atomic E-state index is 11.8. The number of rotatable bonds is 5. The summed E-state index contributed by atoms with van der Waals surface area (Å²) in [5, 5.41) is 0.267. The van der Waals surface area contributed by atoms with Crippen molar-refractivity contribution >= 4 is 34.9 Å². The van der Waals surface area contributed by atoms with Crippen molar-refractivity contribution in [1.29, 1.82) is 0 Å². The van der Waals surface area contributed by atoms with Crippen LogP contribution in [0.3, 0.4) is 0 Å². The van der Waals surface area contributed by atoms with Gasteiger partial charge in [-0.2, -0.15) is 0 Å². The van der Waals surface area contributed by atoms with Crippen LogP contribution in [0.5, 0.6) is 0 Å². The standard InChI is InChI=1S/C12H16ClN3O3/c1-3-16(6-10(15)17)11-8(12(18)19-2)4-7(14)5-9(11)13/h4-5H,3,6,14H2,1-2H3,(H2,15,17). The van der Waals surface area contributed by atoms with Gasteiger partial charge in [0.2, 0.25) is 5.91 Å². The summed E-state index contributed by atoms with van der Waals surface area (Å²) in [5.74, 6) is -1.10. The third-order valence-electron chi connectivity index (χ3n) is 2.54. The van der Waals surface area contributed by atoms with Gasteiger partial charge in [-0.15, -0.1) is 0 Å². The molecule has 19 heavy (non-hydrogen) atoms. The topological polar surface area (TPSA) is 98.6 Å². The number of carbonyl (C=O) groups excluding carboxylic acids is 2. The summed E-state index contributed by atoms with van der Waals surface area (Å²) in [6, 6.07) is 2.96. The van der Waals surface area contributed by atoms with Crippen LogP contribution in [0.4, 0.5) is 11.4 Å². The summed E-state index contributed by atoms with van der Waals surface area (Å²) in [6.07, 6.45) is 0. The molecular weight excluding hydrogens is 270 g/mol. The lowest BCUT2D eigenvalue weighted by atomic mass is 10.1. The average molecular weight is 286 g/mol. The van der Waals surface area contributed by atoms with Gasteiger partial charge in [-0.05, 0) is 19.1 Å². The molecule has 0 aromatic heterocycles. The number of nitrogen functional groups attached to an aromatic ring is 1. The van der Waals surface area contributed by atoms with Gasteiger partial charge in [-0.3, -0.25) is 4.79 Å². The summed E-state index contributed by atoms with van der Waals surface area (Å²) < 4.78 is 4.69. The summed E-state index contributed by atoms with van der Waals surface area (Å²) in [5.41, 5.74) is 11.8. The molecule has 0 aliphatic rings. The van der Waals surface area contributed by atoms with Gasteiger partial charge in [-0.25, -0.2) is 4.79 Å². The third-order valence-corrected chi connectivity index (χ3v) is 2.82.